The lowest BCUT2D eigenvalue weighted by Crippen LogP contribution is -2.09. The molecule has 0 aliphatic rings. The topological polar surface area (TPSA) is 72.2 Å². The Morgan fingerprint density at radius 2 is 2.15 bits per heavy atom. The smallest absolute Gasteiger partial charge is 0.292 e. The van der Waals surface area contributed by atoms with Gasteiger partial charge in [0, 0.05) is 26.9 Å². The minimum atomic E-state index is -0.532. The van der Waals surface area contributed by atoms with Gasteiger partial charge in [0.2, 0.25) is 5.91 Å². The van der Waals surface area contributed by atoms with Crippen molar-refractivity contribution in [2.75, 3.05) is 5.32 Å². The summed E-state index contributed by atoms with van der Waals surface area (Å²) in [5.41, 5.74) is 0.0487. The number of rotatable bonds is 4. The summed E-state index contributed by atoms with van der Waals surface area (Å²) >= 11 is 4.80. The third-order valence-corrected chi connectivity index (χ3v) is 4.00. The average Bonchev–Trinajstić information content (AvgIpc) is 2.83. The van der Waals surface area contributed by atoms with Gasteiger partial charge in [-0.05, 0) is 34.1 Å². The summed E-state index contributed by atoms with van der Waals surface area (Å²) in [7, 11) is 0. The van der Waals surface area contributed by atoms with Crippen molar-refractivity contribution in [3.63, 3.8) is 0 Å². The monoisotopic (exact) mass is 352 g/mol. The molecule has 1 N–H and O–H groups in total. The van der Waals surface area contributed by atoms with Crippen molar-refractivity contribution in [3.05, 3.63) is 61.3 Å². The molecule has 5 nitrogen and oxygen atoms in total. The Hall–Kier alpha value is -1.99. The van der Waals surface area contributed by atoms with Crippen LogP contribution in [-0.4, -0.2) is 10.8 Å². The Morgan fingerprint density at radius 1 is 1.40 bits per heavy atom. The molecule has 7 heteroatoms. The number of nitrogens with zero attached hydrogens (tertiary/aromatic N) is 1. The van der Waals surface area contributed by atoms with Crippen LogP contribution in [0, 0.1) is 10.1 Å². The van der Waals surface area contributed by atoms with Crippen LogP contribution in [0.5, 0.6) is 0 Å². The number of anilines is 1. The molecule has 0 atom stereocenters. The number of benzene rings is 1. The highest BCUT2D eigenvalue weighted by molar-refractivity contribution is 9.10. The minimum Gasteiger partial charge on any atom is -0.317 e. The van der Waals surface area contributed by atoms with Gasteiger partial charge in [0.05, 0.1) is 4.92 Å². The second kappa shape index (κ2) is 6.44. The molecule has 102 valence electrons. The van der Waals surface area contributed by atoms with Gasteiger partial charge in [-0.2, -0.15) is 0 Å². The van der Waals surface area contributed by atoms with Gasteiger partial charge in [-0.1, -0.05) is 12.1 Å². The zero-order valence-corrected chi connectivity index (χ0v) is 12.5. The highest BCUT2D eigenvalue weighted by Crippen LogP contribution is 2.23. The Labute approximate surface area is 127 Å². The van der Waals surface area contributed by atoms with Crippen LogP contribution >= 0.6 is 27.3 Å². The van der Waals surface area contributed by atoms with Crippen LogP contribution in [-0.2, 0) is 4.79 Å². The number of para-hydroxylation sites is 2. The maximum absolute atomic E-state index is 11.7. The predicted molar refractivity (Wildman–Crippen MR) is 82.8 cm³/mol. The molecule has 0 radical (unpaired) electrons. The quantitative estimate of drug-likeness (QED) is 0.512. The van der Waals surface area contributed by atoms with Gasteiger partial charge in [0.25, 0.3) is 5.69 Å². The van der Waals surface area contributed by atoms with Crippen LogP contribution < -0.4 is 5.32 Å². The first-order chi connectivity index (χ1) is 9.56. The molecule has 1 heterocycles. The molecule has 0 spiro atoms. The third-order valence-electron chi connectivity index (χ3n) is 2.35. The van der Waals surface area contributed by atoms with Gasteiger partial charge < -0.3 is 5.32 Å². The summed E-state index contributed by atoms with van der Waals surface area (Å²) < 4.78 is 0.946. The van der Waals surface area contributed by atoms with E-state index in [1.807, 2.05) is 11.4 Å². The summed E-state index contributed by atoms with van der Waals surface area (Å²) in [6, 6.07) is 7.89. The van der Waals surface area contributed by atoms with E-state index in [0.717, 1.165) is 9.35 Å². The lowest BCUT2D eigenvalue weighted by Gasteiger charge is -2.02. The zero-order chi connectivity index (χ0) is 14.5. The number of halogens is 1. The number of nitro groups is 1. The minimum absolute atomic E-state index is 0.131. The van der Waals surface area contributed by atoms with Crippen molar-refractivity contribution < 1.29 is 9.72 Å². The fourth-order valence-electron chi connectivity index (χ4n) is 1.49. The Kier molecular flexibility index (Phi) is 4.65. The van der Waals surface area contributed by atoms with E-state index in [1.54, 1.807) is 18.2 Å². The summed E-state index contributed by atoms with van der Waals surface area (Å²) in [4.78, 5) is 22.9. The first kappa shape index (κ1) is 14.4. The van der Waals surface area contributed by atoms with Crippen molar-refractivity contribution in [1.29, 1.82) is 0 Å². The maximum atomic E-state index is 11.7. The normalized spacial score (nSPS) is 10.7. The van der Waals surface area contributed by atoms with Crippen molar-refractivity contribution in [2.24, 2.45) is 0 Å². The van der Waals surface area contributed by atoms with Gasteiger partial charge >= 0.3 is 0 Å². The molecule has 2 rings (SSSR count). The van der Waals surface area contributed by atoms with Crippen LogP contribution in [0.25, 0.3) is 6.08 Å². The second-order valence-electron chi connectivity index (χ2n) is 3.76. The van der Waals surface area contributed by atoms with E-state index >= 15 is 0 Å². The van der Waals surface area contributed by atoms with E-state index in [-0.39, 0.29) is 11.4 Å². The Balaban J connectivity index is 2.09. The molecular weight excluding hydrogens is 344 g/mol. The number of nitro benzene ring substituents is 1. The van der Waals surface area contributed by atoms with E-state index in [0.29, 0.717) is 0 Å². The molecule has 0 saturated carbocycles. The molecule has 0 unspecified atom stereocenters. The predicted octanol–water partition coefficient (Wildman–Crippen LogP) is 4.07. The second-order valence-corrected chi connectivity index (χ2v) is 5.62. The highest BCUT2D eigenvalue weighted by Gasteiger charge is 2.13. The summed E-state index contributed by atoms with van der Waals surface area (Å²) in [5, 5.41) is 15.2. The van der Waals surface area contributed by atoms with Gasteiger partial charge in [-0.15, -0.1) is 11.3 Å². The number of hydrogen-bond donors (Lipinski definition) is 1. The van der Waals surface area contributed by atoms with Crippen molar-refractivity contribution >= 4 is 50.6 Å². The SMILES string of the molecule is O=C(C=Cc1cc(Br)cs1)Nc1ccccc1[N+](=O)[O-]. The molecule has 0 saturated heterocycles. The molecule has 0 aliphatic carbocycles. The van der Waals surface area contributed by atoms with Gasteiger partial charge in [0.1, 0.15) is 5.69 Å². The first-order valence-electron chi connectivity index (χ1n) is 5.53. The molecule has 0 aliphatic heterocycles. The molecule has 1 aromatic heterocycles. The summed E-state index contributed by atoms with van der Waals surface area (Å²) in [6.07, 6.45) is 2.99. The van der Waals surface area contributed by atoms with Crippen LogP contribution in [0.1, 0.15) is 4.88 Å². The Morgan fingerprint density at radius 3 is 2.80 bits per heavy atom. The number of hydrogen-bond acceptors (Lipinski definition) is 4. The van der Waals surface area contributed by atoms with Crippen LogP contribution in [0.4, 0.5) is 11.4 Å². The number of thiophene rings is 1. The lowest BCUT2D eigenvalue weighted by molar-refractivity contribution is -0.383. The van der Waals surface area contributed by atoms with Crippen LogP contribution in [0.15, 0.2) is 46.3 Å². The molecule has 0 fully saturated rings. The molecule has 2 aromatic rings. The van der Waals surface area contributed by atoms with Crippen LogP contribution in [0.3, 0.4) is 0 Å². The number of carbonyl (C=O) groups excluding carboxylic acids is 1. The number of amides is 1. The van der Waals surface area contributed by atoms with Crippen molar-refractivity contribution in [2.45, 2.75) is 0 Å². The largest absolute Gasteiger partial charge is 0.317 e. The van der Waals surface area contributed by atoms with E-state index < -0.39 is 10.8 Å². The standard InChI is InChI=1S/C13H9BrN2O3S/c14-9-7-10(20-8-9)5-6-13(17)15-11-3-1-2-4-12(11)16(18)19/h1-8H,(H,15,17). The molecular formula is C13H9BrN2O3S. The summed E-state index contributed by atoms with van der Waals surface area (Å²) in [5.74, 6) is -0.413. The lowest BCUT2D eigenvalue weighted by atomic mass is 10.2. The molecule has 20 heavy (non-hydrogen) atoms. The number of nitrogens with one attached hydrogen (secondary N) is 1. The third kappa shape index (κ3) is 3.75. The van der Waals surface area contributed by atoms with E-state index in [4.69, 9.17) is 0 Å². The van der Waals surface area contributed by atoms with E-state index in [1.165, 1.54) is 29.5 Å². The average molecular weight is 353 g/mol. The van der Waals surface area contributed by atoms with E-state index in [9.17, 15) is 14.9 Å². The van der Waals surface area contributed by atoms with Crippen molar-refractivity contribution in [1.82, 2.24) is 0 Å². The molecule has 1 aromatic carbocycles. The highest BCUT2D eigenvalue weighted by atomic mass is 79.9. The summed E-state index contributed by atoms with van der Waals surface area (Å²) in [6.45, 7) is 0. The van der Waals surface area contributed by atoms with Crippen LogP contribution in [0.2, 0.25) is 0 Å². The van der Waals surface area contributed by atoms with Gasteiger partial charge in [0.15, 0.2) is 0 Å². The zero-order valence-electron chi connectivity index (χ0n) is 10.1. The van der Waals surface area contributed by atoms with Gasteiger partial charge in [-0.3, -0.25) is 14.9 Å². The van der Waals surface area contributed by atoms with Gasteiger partial charge in [-0.25, -0.2) is 0 Å². The fourth-order valence-corrected chi connectivity index (χ4v) is 2.82. The maximum Gasteiger partial charge on any atom is 0.292 e. The first-order valence-corrected chi connectivity index (χ1v) is 7.20. The Bertz CT molecular complexity index is 682. The number of carbonyl (C=O) groups is 1. The fraction of sp³-hybridized carbons (Fsp3) is 0. The van der Waals surface area contributed by atoms with E-state index in [2.05, 4.69) is 21.2 Å². The van der Waals surface area contributed by atoms with Crippen molar-refractivity contribution in [3.8, 4) is 0 Å². The molecule has 0 bridgehead atoms. The molecule has 1 amide bonds.